The van der Waals surface area contributed by atoms with Gasteiger partial charge in [-0.2, -0.15) is 0 Å². The van der Waals surface area contributed by atoms with Crippen LogP contribution in [-0.4, -0.2) is 92.6 Å². The third kappa shape index (κ3) is 5.83. The van der Waals surface area contributed by atoms with Crippen molar-refractivity contribution in [1.82, 2.24) is 14.7 Å². The molecule has 2 N–H and O–H groups in total. The number of hydrogen-bond acceptors (Lipinski definition) is 7. The molecule has 2 aliphatic rings. The molecule has 4 rings (SSSR count). The normalized spacial score (nSPS) is 15.6. The molecule has 0 atom stereocenters. The first-order chi connectivity index (χ1) is 16.4. The summed E-state index contributed by atoms with van der Waals surface area (Å²) in [7, 11) is 3.49. The molecule has 2 aromatic rings. The van der Waals surface area contributed by atoms with Crippen LogP contribution in [0.3, 0.4) is 0 Å². The first kappa shape index (κ1) is 23.5. The monoisotopic (exact) mass is 467 g/mol. The summed E-state index contributed by atoms with van der Waals surface area (Å²) in [5.74, 6) is 0.748. The van der Waals surface area contributed by atoms with Crippen LogP contribution in [0.4, 0.5) is 11.4 Å². The molecule has 10 heteroatoms. The van der Waals surface area contributed by atoms with Gasteiger partial charge >= 0.3 is 0 Å². The third-order valence-electron chi connectivity index (χ3n) is 5.77. The molecule has 0 radical (unpaired) electrons. The van der Waals surface area contributed by atoms with Crippen molar-refractivity contribution in [3.05, 3.63) is 48.0 Å². The van der Waals surface area contributed by atoms with Crippen molar-refractivity contribution in [1.29, 1.82) is 0 Å². The molecule has 2 aromatic carbocycles. The zero-order chi connectivity index (χ0) is 24.1. The molecule has 1 fully saturated rings. The van der Waals surface area contributed by atoms with Crippen LogP contribution in [0.25, 0.3) is 0 Å². The Bertz CT molecular complexity index is 1070. The van der Waals surface area contributed by atoms with Gasteiger partial charge in [0.05, 0.1) is 24.3 Å². The van der Waals surface area contributed by atoms with Crippen LogP contribution in [0.2, 0.25) is 0 Å². The Kier molecular flexibility index (Phi) is 7.29. The highest BCUT2D eigenvalue weighted by atomic mass is 16.7. The number of rotatable bonds is 7. The lowest BCUT2D eigenvalue weighted by Crippen LogP contribution is -2.50. The van der Waals surface area contributed by atoms with E-state index in [1.165, 1.54) is 0 Å². The van der Waals surface area contributed by atoms with E-state index in [1.54, 1.807) is 61.5 Å². The zero-order valence-electron chi connectivity index (χ0n) is 19.4. The Morgan fingerprint density at radius 3 is 2.29 bits per heavy atom. The van der Waals surface area contributed by atoms with E-state index in [0.29, 0.717) is 48.1 Å². The topological polar surface area (TPSA) is 103 Å². The number of likely N-dealkylation sites (N-methyl/N-ethyl adjacent to an activating group) is 1. The second kappa shape index (κ2) is 10.5. The fraction of sp³-hybridized carbons (Fsp3) is 0.375. The Labute approximate surface area is 198 Å². The zero-order valence-corrected chi connectivity index (χ0v) is 19.4. The average Bonchev–Trinajstić information content (AvgIpc) is 3.28. The fourth-order valence-electron chi connectivity index (χ4n) is 3.79. The Balaban J connectivity index is 1.31. The molecule has 0 unspecified atom stereocenters. The number of hydrogen-bond donors (Lipinski definition) is 2. The fourth-order valence-corrected chi connectivity index (χ4v) is 3.79. The van der Waals surface area contributed by atoms with E-state index in [0.717, 1.165) is 13.1 Å². The molecule has 3 amide bonds. The Hall–Kier alpha value is -3.63. The van der Waals surface area contributed by atoms with E-state index in [9.17, 15) is 14.4 Å². The van der Waals surface area contributed by atoms with E-state index < -0.39 is 0 Å². The number of fused-ring (bicyclic) bond motifs is 1. The summed E-state index contributed by atoms with van der Waals surface area (Å²) < 4.78 is 10.6. The van der Waals surface area contributed by atoms with E-state index in [4.69, 9.17) is 9.47 Å². The number of carbonyl (C=O) groups excluding carboxylic acids is 3. The van der Waals surface area contributed by atoms with E-state index in [1.807, 2.05) is 4.90 Å². The minimum absolute atomic E-state index is 0.0711. The SMILES string of the molecule is CN(C)C(=O)CN1CCN(CC(=O)Nc2ccccc2C(=O)Nc2ccc3c(c2)OCO3)CC1. The number of para-hydroxylation sites is 1. The second-order valence-electron chi connectivity index (χ2n) is 8.46. The largest absolute Gasteiger partial charge is 0.454 e. The molecular weight excluding hydrogens is 438 g/mol. The van der Waals surface area contributed by atoms with E-state index in [2.05, 4.69) is 15.5 Å². The van der Waals surface area contributed by atoms with Crippen LogP contribution in [0.1, 0.15) is 10.4 Å². The maximum atomic E-state index is 12.9. The highest BCUT2D eigenvalue weighted by Crippen LogP contribution is 2.34. The molecule has 0 aliphatic carbocycles. The van der Waals surface area contributed by atoms with Crippen molar-refractivity contribution in [3.63, 3.8) is 0 Å². The van der Waals surface area contributed by atoms with Crippen molar-refractivity contribution in [2.24, 2.45) is 0 Å². The van der Waals surface area contributed by atoms with Gasteiger partial charge in [0.15, 0.2) is 11.5 Å². The number of carbonyl (C=O) groups is 3. The molecule has 1 saturated heterocycles. The molecule has 2 heterocycles. The quantitative estimate of drug-likeness (QED) is 0.633. The van der Waals surface area contributed by atoms with Crippen LogP contribution in [-0.2, 0) is 9.59 Å². The summed E-state index contributed by atoms with van der Waals surface area (Å²) in [4.78, 5) is 43.2. The number of anilines is 2. The van der Waals surface area contributed by atoms with E-state index >= 15 is 0 Å². The summed E-state index contributed by atoms with van der Waals surface area (Å²) >= 11 is 0. The maximum Gasteiger partial charge on any atom is 0.257 e. The Morgan fingerprint density at radius 1 is 0.882 bits per heavy atom. The van der Waals surface area contributed by atoms with Gasteiger partial charge in [0.25, 0.3) is 5.91 Å². The minimum atomic E-state index is -0.339. The molecule has 10 nitrogen and oxygen atoms in total. The minimum Gasteiger partial charge on any atom is -0.454 e. The van der Waals surface area contributed by atoms with Crippen molar-refractivity contribution in [3.8, 4) is 11.5 Å². The van der Waals surface area contributed by atoms with E-state index in [-0.39, 0.29) is 31.1 Å². The highest BCUT2D eigenvalue weighted by Gasteiger charge is 2.22. The summed E-state index contributed by atoms with van der Waals surface area (Å²) in [6.45, 7) is 3.60. The van der Waals surface area contributed by atoms with Crippen molar-refractivity contribution >= 4 is 29.1 Å². The van der Waals surface area contributed by atoms with Crippen LogP contribution in [0, 0.1) is 0 Å². The summed E-state index contributed by atoms with van der Waals surface area (Å²) in [5, 5.41) is 5.70. The number of benzene rings is 2. The van der Waals surface area contributed by atoms with Gasteiger partial charge in [-0.3, -0.25) is 24.2 Å². The molecule has 0 aromatic heterocycles. The van der Waals surface area contributed by atoms with Crippen molar-refractivity contribution in [2.75, 3.05) is 70.8 Å². The van der Waals surface area contributed by atoms with Gasteiger partial charge in [0, 0.05) is 52.0 Å². The molecule has 180 valence electrons. The molecule has 2 aliphatic heterocycles. The predicted octanol–water partition coefficient (Wildman–Crippen LogP) is 1.31. The molecular formula is C24H29N5O5. The highest BCUT2D eigenvalue weighted by molar-refractivity contribution is 6.10. The van der Waals surface area contributed by atoms with Crippen LogP contribution in [0.5, 0.6) is 11.5 Å². The first-order valence-electron chi connectivity index (χ1n) is 11.1. The number of amides is 3. The summed E-state index contributed by atoms with van der Waals surface area (Å²) in [5.41, 5.74) is 1.38. The summed E-state index contributed by atoms with van der Waals surface area (Å²) in [6, 6.07) is 12.1. The van der Waals surface area contributed by atoms with Crippen LogP contribution < -0.4 is 20.1 Å². The van der Waals surface area contributed by atoms with Gasteiger partial charge in [-0.25, -0.2) is 0 Å². The van der Waals surface area contributed by atoms with Gasteiger partial charge in [-0.05, 0) is 24.3 Å². The smallest absolute Gasteiger partial charge is 0.257 e. The lowest BCUT2D eigenvalue weighted by atomic mass is 10.1. The van der Waals surface area contributed by atoms with Crippen molar-refractivity contribution < 1.29 is 23.9 Å². The molecule has 0 spiro atoms. The average molecular weight is 468 g/mol. The number of ether oxygens (including phenoxy) is 2. The number of nitrogens with one attached hydrogen (secondary N) is 2. The molecule has 34 heavy (non-hydrogen) atoms. The molecule has 0 saturated carbocycles. The third-order valence-corrected chi connectivity index (χ3v) is 5.77. The number of nitrogens with zero attached hydrogens (tertiary/aromatic N) is 3. The van der Waals surface area contributed by atoms with Crippen LogP contribution >= 0.6 is 0 Å². The number of piperazine rings is 1. The lowest BCUT2D eigenvalue weighted by molar-refractivity contribution is -0.130. The maximum absolute atomic E-state index is 12.9. The van der Waals surface area contributed by atoms with Crippen molar-refractivity contribution in [2.45, 2.75) is 0 Å². The Morgan fingerprint density at radius 2 is 1.56 bits per heavy atom. The van der Waals surface area contributed by atoms with Gasteiger partial charge in [-0.1, -0.05) is 12.1 Å². The van der Waals surface area contributed by atoms with Gasteiger partial charge in [0.2, 0.25) is 18.6 Å². The lowest BCUT2D eigenvalue weighted by Gasteiger charge is -2.34. The van der Waals surface area contributed by atoms with Gasteiger partial charge in [-0.15, -0.1) is 0 Å². The van der Waals surface area contributed by atoms with Gasteiger partial charge in [0.1, 0.15) is 0 Å². The van der Waals surface area contributed by atoms with Gasteiger partial charge < -0.3 is 25.0 Å². The molecule has 0 bridgehead atoms. The summed E-state index contributed by atoms with van der Waals surface area (Å²) in [6.07, 6.45) is 0. The first-order valence-corrected chi connectivity index (χ1v) is 11.1. The second-order valence-corrected chi connectivity index (χ2v) is 8.46. The standard InChI is InChI=1S/C24H29N5O5/c1-27(2)23(31)15-29-11-9-28(10-12-29)14-22(30)26-19-6-4-3-5-18(19)24(32)25-17-7-8-20-21(13-17)34-16-33-20/h3-8,13H,9-12,14-16H2,1-2H3,(H,25,32)(H,26,30). The van der Waals surface area contributed by atoms with Crippen LogP contribution in [0.15, 0.2) is 42.5 Å². The predicted molar refractivity (Wildman–Crippen MR) is 127 cm³/mol.